The molecule has 2 unspecified atom stereocenters. The number of amides is 1. The van der Waals surface area contributed by atoms with E-state index in [2.05, 4.69) is 5.32 Å². The summed E-state index contributed by atoms with van der Waals surface area (Å²) < 4.78 is 36.6. The van der Waals surface area contributed by atoms with Gasteiger partial charge in [0.2, 0.25) is 5.76 Å². The molecule has 0 aromatic rings. The number of carbonyl (C=O) groups is 6. The van der Waals surface area contributed by atoms with Crippen LogP contribution in [-0.4, -0.2) is 85.7 Å². The van der Waals surface area contributed by atoms with Crippen molar-refractivity contribution in [1.29, 1.82) is 0 Å². The molecule has 0 radical (unpaired) electrons. The van der Waals surface area contributed by atoms with Gasteiger partial charge in [0.1, 0.15) is 24.4 Å². The van der Waals surface area contributed by atoms with Crippen LogP contribution in [0.1, 0.15) is 48.5 Å². The molecular weight excluding hydrogens is 498 g/mol. The lowest BCUT2D eigenvalue weighted by atomic mass is 9.93. The Kier molecular flexibility index (Phi) is 11.3. The van der Waals surface area contributed by atoms with E-state index >= 15 is 0 Å². The number of alkyl carbamates (subject to hydrolysis) is 1. The Morgan fingerprint density at radius 3 is 2.00 bits per heavy atom. The first kappa shape index (κ1) is 31.2. The zero-order chi connectivity index (χ0) is 28.5. The van der Waals surface area contributed by atoms with Crippen LogP contribution in [0.15, 0.2) is 11.8 Å². The second kappa shape index (κ2) is 13.5. The first-order valence-corrected chi connectivity index (χ1v) is 11.1. The van der Waals surface area contributed by atoms with Gasteiger partial charge in [0.05, 0.1) is 7.11 Å². The van der Waals surface area contributed by atoms with Crippen LogP contribution < -0.4 is 5.32 Å². The molecule has 0 aromatic heterocycles. The van der Waals surface area contributed by atoms with Gasteiger partial charge in [0.25, 0.3) is 0 Å². The third kappa shape index (κ3) is 10.8. The first-order chi connectivity index (χ1) is 17.0. The second-order valence-electron chi connectivity index (χ2n) is 8.88. The predicted octanol–water partition coefficient (Wildman–Crippen LogP) is 0.694. The van der Waals surface area contributed by atoms with Gasteiger partial charge in [-0.05, 0) is 20.8 Å². The highest BCUT2D eigenvalue weighted by Crippen LogP contribution is 2.28. The summed E-state index contributed by atoms with van der Waals surface area (Å²) in [5.41, 5.74) is -0.927. The molecule has 1 aliphatic rings. The van der Waals surface area contributed by atoms with E-state index < -0.39 is 84.4 Å². The third-order valence-electron chi connectivity index (χ3n) is 4.42. The Hall–Kier alpha value is -3.84. The lowest BCUT2D eigenvalue weighted by Gasteiger charge is -2.41. The predicted molar refractivity (Wildman–Crippen MR) is 121 cm³/mol. The van der Waals surface area contributed by atoms with Crippen LogP contribution in [0.25, 0.3) is 0 Å². The van der Waals surface area contributed by atoms with Gasteiger partial charge < -0.3 is 38.5 Å². The van der Waals surface area contributed by atoms with Crippen molar-refractivity contribution in [3.05, 3.63) is 11.8 Å². The van der Waals surface area contributed by atoms with Crippen LogP contribution >= 0.6 is 0 Å². The zero-order valence-corrected chi connectivity index (χ0v) is 22.0. The van der Waals surface area contributed by atoms with Gasteiger partial charge in [-0.15, -0.1) is 0 Å². The minimum atomic E-state index is -1.59. The summed E-state index contributed by atoms with van der Waals surface area (Å²) in [6.45, 7) is 8.54. The Morgan fingerprint density at radius 1 is 0.946 bits per heavy atom. The van der Waals surface area contributed by atoms with Gasteiger partial charge in [0, 0.05) is 33.8 Å². The molecule has 0 spiro atoms. The maximum Gasteiger partial charge on any atom is 0.408 e. The molecular formula is C23H33NO13. The molecule has 0 aliphatic carbocycles. The molecule has 1 rings (SSSR count). The summed E-state index contributed by atoms with van der Waals surface area (Å²) in [4.78, 5) is 72.2. The number of rotatable bonds is 9. The van der Waals surface area contributed by atoms with Crippen molar-refractivity contribution in [2.45, 2.75) is 84.5 Å². The van der Waals surface area contributed by atoms with Crippen molar-refractivity contribution >= 4 is 35.9 Å². The smallest absolute Gasteiger partial charge is 0.408 e. The van der Waals surface area contributed by atoms with Crippen LogP contribution in [0, 0.1) is 0 Å². The van der Waals surface area contributed by atoms with E-state index in [1.165, 1.54) is 0 Å². The molecule has 0 bridgehead atoms. The molecule has 37 heavy (non-hydrogen) atoms. The van der Waals surface area contributed by atoms with Crippen LogP contribution in [0.4, 0.5) is 4.79 Å². The fourth-order valence-electron chi connectivity index (χ4n) is 3.25. The number of ether oxygens (including phenoxy) is 7. The van der Waals surface area contributed by atoms with Gasteiger partial charge in [-0.3, -0.25) is 19.2 Å². The lowest BCUT2D eigenvalue weighted by molar-refractivity contribution is -0.191. The van der Waals surface area contributed by atoms with Gasteiger partial charge in [0.15, 0.2) is 18.3 Å². The average molecular weight is 532 g/mol. The molecule has 1 N–H and O–H groups in total. The van der Waals surface area contributed by atoms with Crippen molar-refractivity contribution in [1.82, 2.24) is 5.32 Å². The number of hydrogen-bond donors (Lipinski definition) is 1. The molecule has 208 valence electrons. The van der Waals surface area contributed by atoms with E-state index in [1.807, 2.05) is 0 Å². The highest BCUT2D eigenvalue weighted by atomic mass is 16.6. The number of methoxy groups -OCH3 is 1. The van der Waals surface area contributed by atoms with Crippen LogP contribution in [0.5, 0.6) is 0 Å². The van der Waals surface area contributed by atoms with Crippen molar-refractivity contribution < 1.29 is 61.9 Å². The monoisotopic (exact) mass is 531 g/mol. The Balaban J connectivity index is 3.67. The molecule has 14 nitrogen and oxygen atoms in total. The number of esters is 5. The molecule has 1 amide bonds. The summed E-state index contributed by atoms with van der Waals surface area (Å²) in [5, 5.41) is 2.49. The van der Waals surface area contributed by atoms with Crippen LogP contribution in [-0.2, 0) is 57.1 Å². The van der Waals surface area contributed by atoms with Gasteiger partial charge in [-0.25, -0.2) is 9.59 Å². The Labute approximate surface area is 213 Å². The van der Waals surface area contributed by atoms with E-state index in [0.717, 1.165) is 40.9 Å². The van der Waals surface area contributed by atoms with E-state index in [4.69, 9.17) is 33.2 Å². The molecule has 0 aromatic carbocycles. The van der Waals surface area contributed by atoms with E-state index in [-0.39, 0.29) is 0 Å². The number of carbonyl (C=O) groups excluding carboxylic acids is 6. The summed E-state index contributed by atoms with van der Waals surface area (Å²) in [7, 11) is 1.07. The summed E-state index contributed by atoms with van der Waals surface area (Å²) in [5.74, 6) is -4.66. The van der Waals surface area contributed by atoms with Gasteiger partial charge in [-0.1, -0.05) is 0 Å². The Morgan fingerprint density at radius 2 is 1.54 bits per heavy atom. The lowest BCUT2D eigenvalue weighted by Crippen LogP contribution is -2.62. The van der Waals surface area contributed by atoms with E-state index in [9.17, 15) is 28.8 Å². The number of nitrogens with one attached hydrogen (secondary N) is 1. The maximum absolute atomic E-state index is 12.7. The molecule has 5 atom stereocenters. The van der Waals surface area contributed by atoms with E-state index in [1.54, 1.807) is 20.8 Å². The maximum atomic E-state index is 12.7. The van der Waals surface area contributed by atoms with Gasteiger partial charge >= 0.3 is 35.9 Å². The summed E-state index contributed by atoms with van der Waals surface area (Å²) in [6, 6.07) is -1.35. The zero-order valence-electron chi connectivity index (χ0n) is 22.0. The van der Waals surface area contributed by atoms with Crippen LogP contribution in [0.2, 0.25) is 0 Å². The normalized spacial score (nSPS) is 20.5. The second-order valence-corrected chi connectivity index (χ2v) is 8.88. The highest BCUT2D eigenvalue weighted by Gasteiger charge is 2.49. The standard InChI is InChI=1S/C23H33NO13/c1-11(25)32-10-17(34-13(3)27)19(35-14(4)28)20-18(24-22(30)37-23(5,6)7)15(33-12(2)26)9-16(36-20)21(29)31-8/h9,15,17-20H,10H2,1-8H3,(H,24,30)/t15-,17-,18?,19-,20?/m1/s1. The quantitative estimate of drug-likeness (QED) is 0.325. The number of hydrogen-bond acceptors (Lipinski definition) is 13. The van der Waals surface area contributed by atoms with E-state index in [0.29, 0.717) is 0 Å². The topological polar surface area (TPSA) is 179 Å². The summed E-state index contributed by atoms with van der Waals surface area (Å²) >= 11 is 0. The van der Waals surface area contributed by atoms with Crippen molar-refractivity contribution in [2.24, 2.45) is 0 Å². The van der Waals surface area contributed by atoms with Gasteiger partial charge in [-0.2, -0.15) is 0 Å². The fraction of sp³-hybridized carbons (Fsp3) is 0.652. The molecule has 14 heteroatoms. The minimum Gasteiger partial charge on any atom is -0.477 e. The van der Waals surface area contributed by atoms with Crippen molar-refractivity contribution in [3.63, 3.8) is 0 Å². The SMILES string of the molecule is COC(=O)C1=C[C@@H](OC(C)=O)C(NC(=O)OC(C)(C)C)C([C@H](OC(C)=O)[C@@H](COC(C)=O)OC(C)=O)O1. The average Bonchev–Trinajstić information content (AvgIpc) is 2.73. The minimum absolute atomic E-state index is 0.452. The fourth-order valence-corrected chi connectivity index (χ4v) is 3.25. The highest BCUT2D eigenvalue weighted by molar-refractivity contribution is 5.86. The molecule has 0 saturated carbocycles. The molecule has 0 fully saturated rings. The molecule has 1 aliphatic heterocycles. The largest absolute Gasteiger partial charge is 0.477 e. The van der Waals surface area contributed by atoms with Crippen LogP contribution in [0.3, 0.4) is 0 Å². The Bertz CT molecular complexity index is 920. The van der Waals surface area contributed by atoms with Crippen molar-refractivity contribution in [3.8, 4) is 0 Å². The summed E-state index contributed by atoms with van der Waals surface area (Å²) in [6.07, 6.45) is -5.84. The first-order valence-electron chi connectivity index (χ1n) is 11.1. The van der Waals surface area contributed by atoms with Crippen molar-refractivity contribution in [2.75, 3.05) is 13.7 Å². The molecule has 1 heterocycles. The third-order valence-corrected chi connectivity index (χ3v) is 4.42. The molecule has 0 saturated heterocycles.